The summed E-state index contributed by atoms with van der Waals surface area (Å²) in [7, 11) is 0. The van der Waals surface area contributed by atoms with Crippen molar-refractivity contribution in [2.24, 2.45) is 0 Å². The third-order valence-electron chi connectivity index (χ3n) is 3.66. The van der Waals surface area contributed by atoms with Crippen molar-refractivity contribution in [3.8, 4) is 0 Å². The standard InChI is InChI=1S/C15H17NO2/c1-9-7-8-13(18-9)15(17)14-10(2)16-12-6-4-3-5-11(12)14/h3-6,9,13,16H,7-8H2,1-2H3. The molecule has 94 valence electrons. The molecular weight excluding hydrogens is 226 g/mol. The number of benzene rings is 1. The van der Waals surface area contributed by atoms with E-state index in [0.29, 0.717) is 0 Å². The van der Waals surface area contributed by atoms with Crippen molar-refractivity contribution in [2.75, 3.05) is 0 Å². The Kier molecular flexibility index (Phi) is 2.71. The van der Waals surface area contributed by atoms with E-state index in [1.165, 1.54) is 0 Å². The van der Waals surface area contributed by atoms with Crippen molar-refractivity contribution in [3.05, 3.63) is 35.5 Å². The van der Waals surface area contributed by atoms with Gasteiger partial charge in [0.2, 0.25) is 0 Å². The van der Waals surface area contributed by atoms with Gasteiger partial charge >= 0.3 is 0 Å². The van der Waals surface area contributed by atoms with Crippen LogP contribution >= 0.6 is 0 Å². The molecule has 18 heavy (non-hydrogen) atoms. The van der Waals surface area contributed by atoms with Crippen LogP contribution < -0.4 is 0 Å². The Bertz CT molecular complexity index is 600. The summed E-state index contributed by atoms with van der Waals surface area (Å²) in [5.74, 6) is 0.120. The van der Waals surface area contributed by atoms with Crippen molar-refractivity contribution < 1.29 is 9.53 Å². The van der Waals surface area contributed by atoms with Crippen LogP contribution in [0.4, 0.5) is 0 Å². The van der Waals surface area contributed by atoms with E-state index in [1.54, 1.807) is 0 Å². The number of aryl methyl sites for hydroxylation is 1. The number of H-pyrrole nitrogens is 1. The largest absolute Gasteiger partial charge is 0.367 e. The molecule has 3 heteroatoms. The molecule has 3 nitrogen and oxygen atoms in total. The first-order valence-electron chi connectivity index (χ1n) is 6.44. The highest BCUT2D eigenvalue weighted by Crippen LogP contribution is 2.28. The Morgan fingerprint density at radius 3 is 2.83 bits per heavy atom. The number of Topliss-reactive ketones (excluding diaryl/α,β-unsaturated/α-hetero) is 1. The first-order chi connectivity index (χ1) is 8.66. The topological polar surface area (TPSA) is 42.1 Å². The predicted octanol–water partition coefficient (Wildman–Crippen LogP) is 3.23. The first-order valence-corrected chi connectivity index (χ1v) is 6.44. The summed E-state index contributed by atoms with van der Waals surface area (Å²) < 4.78 is 5.69. The van der Waals surface area contributed by atoms with Gasteiger partial charge in [-0.25, -0.2) is 0 Å². The minimum Gasteiger partial charge on any atom is -0.367 e. The highest BCUT2D eigenvalue weighted by molar-refractivity contribution is 6.11. The molecule has 2 heterocycles. The van der Waals surface area contributed by atoms with Crippen LogP contribution in [0.15, 0.2) is 24.3 Å². The molecule has 0 amide bonds. The highest BCUT2D eigenvalue weighted by atomic mass is 16.5. The van der Waals surface area contributed by atoms with Gasteiger partial charge in [0.05, 0.1) is 6.10 Å². The number of aromatic nitrogens is 1. The third kappa shape index (κ3) is 1.75. The van der Waals surface area contributed by atoms with Crippen LogP contribution in [0.5, 0.6) is 0 Å². The molecular formula is C15H17NO2. The lowest BCUT2D eigenvalue weighted by atomic mass is 10.0. The maximum Gasteiger partial charge on any atom is 0.193 e. The molecule has 0 spiro atoms. The average Bonchev–Trinajstić information content (AvgIpc) is 2.91. The summed E-state index contributed by atoms with van der Waals surface area (Å²) in [5, 5.41) is 1.00. The Morgan fingerprint density at radius 1 is 1.33 bits per heavy atom. The summed E-state index contributed by atoms with van der Waals surface area (Å²) in [6, 6.07) is 7.92. The van der Waals surface area contributed by atoms with Gasteiger partial charge in [0.15, 0.2) is 5.78 Å². The Morgan fingerprint density at radius 2 is 2.11 bits per heavy atom. The predicted molar refractivity (Wildman–Crippen MR) is 70.9 cm³/mol. The van der Waals surface area contributed by atoms with Crippen LogP contribution in [-0.2, 0) is 4.74 Å². The van der Waals surface area contributed by atoms with Gasteiger partial charge in [0, 0.05) is 22.2 Å². The Hall–Kier alpha value is -1.61. The maximum atomic E-state index is 12.5. The highest BCUT2D eigenvalue weighted by Gasteiger charge is 2.31. The van der Waals surface area contributed by atoms with Crippen molar-refractivity contribution in [1.82, 2.24) is 4.98 Å². The van der Waals surface area contributed by atoms with E-state index in [1.807, 2.05) is 38.1 Å². The maximum absolute atomic E-state index is 12.5. The van der Waals surface area contributed by atoms with E-state index in [-0.39, 0.29) is 18.0 Å². The zero-order valence-electron chi connectivity index (χ0n) is 10.7. The van der Waals surface area contributed by atoms with Gasteiger partial charge in [-0.05, 0) is 32.8 Å². The zero-order valence-corrected chi connectivity index (χ0v) is 10.7. The van der Waals surface area contributed by atoms with E-state index < -0.39 is 0 Å². The number of hydrogen-bond donors (Lipinski definition) is 1. The van der Waals surface area contributed by atoms with E-state index in [4.69, 9.17) is 4.74 Å². The van der Waals surface area contributed by atoms with Crippen LogP contribution in [-0.4, -0.2) is 23.0 Å². The lowest BCUT2D eigenvalue weighted by molar-refractivity contribution is 0.0434. The molecule has 1 aliphatic rings. The second-order valence-electron chi connectivity index (χ2n) is 5.05. The van der Waals surface area contributed by atoms with Crippen LogP contribution in [0.1, 0.15) is 35.8 Å². The van der Waals surface area contributed by atoms with Gasteiger partial charge < -0.3 is 9.72 Å². The second kappa shape index (κ2) is 4.25. The van der Waals surface area contributed by atoms with Crippen molar-refractivity contribution >= 4 is 16.7 Å². The van der Waals surface area contributed by atoms with Gasteiger partial charge in [0.1, 0.15) is 6.10 Å². The molecule has 0 bridgehead atoms. The molecule has 1 N–H and O–H groups in total. The second-order valence-corrected chi connectivity index (χ2v) is 5.05. The SMILES string of the molecule is Cc1[nH]c2ccccc2c1C(=O)C1CCC(C)O1. The molecule has 0 saturated carbocycles. The van der Waals surface area contributed by atoms with Gasteiger partial charge in [0.25, 0.3) is 0 Å². The minimum atomic E-state index is -0.266. The Balaban J connectivity index is 2.03. The normalized spacial score (nSPS) is 23.7. The number of ether oxygens (including phenoxy) is 1. The fraction of sp³-hybridized carbons (Fsp3) is 0.400. The molecule has 0 aliphatic carbocycles. The molecule has 2 unspecified atom stereocenters. The van der Waals surface area contributed by atoms with Gasteiger partial charge in [-0.1, -0.05) is 18.2 Å². The number of carbonyl (C=O) groups excluding carboxylic acids is 1. The smallest absolute Gasteiger partial charge is 0.193 e. The molecule has 3 rings (SSSR count). The average molecular weight is 243 g/mol. The number of fused-ring (bicyclic) bond motifs is 1. The Labute approximate surface area is 106 Å². The lowest BCUT2D eigenvalue weighted by Gasteiger charge is -2.10. The van der Waals surface area contributed by atoms with Crippen LogP contribution in [0.25, 0.3) is 10.9 Å². The fourth-order valence-corrected chi connectivity index (χ4v) is 2.75. The molecule has 1 aliphatic heterocycles. The number of ketones is 1. The van der Waals surface area contributed by atoms with Crippen molar-refractivity contribution in [3.63, 3.8) is 0 Å². The van der Waals surface area contributed by atoms with Crippen LogP contribution in [0.3, 0.4) is 0 Å². The molecule has 0 radical (unpaired) electrons. The van der Waals surface area contributed by atoms with Gasteiger partial charge in [-0.15, -0.1) is 0 Å². The summed E-state index contributed by atoms with van der Waals surface area (Å²) in [6.45, 7) is 3.97. The van der Waals surface area contributed by atoms with Crippen LogP contribution in [0.2, 0.25) is 0 Å². The quantitative estimate of drug-likeness (QED) is 0.823. The van der Waals surface area contributed by atoms with E-state index >= 15 is 0 Å². The third-order valence-corrected chi connectivity index (χ3v) is 3.66. The number of para-hydroxylation sites is 1. The number of rotatable bonds is 2. The minimum absolute atomic E-state index is 0.120. The van der Waals surface area contributed by atoms with E-state index in [9.17, 15) is 4.79 Å². The molecule has 1 fully saturated rings. The summed E-state index contributed by atoms with van der Waals surface area (Å²) in [5.41, 5.74) is 2.75. The van der Waals surface area contributed by atoms with E-state index in [0.717, 1.165) is 35.0 Å². The fourth-order valence-electron chi connectivity index (χ4n) is 2.75. The van der Waals surface area contributed by atoms with Crippen molar-refractivity contribution in [1.29, 1.82) is 0 Å². The molecule has 2 aromatic rings. The number of aromatic amines is 1. The number of hydrogen-bond acceptors (Lipinski definition) is 2. The molecule has 1 saturated heterocycles. The summed E-state index contributed by atoms with van der Waals surface area (Å²) >= 11 is 0. The van der Waals surface area contributed by atoms with E-state index in [2.05, 4.69) is 4.98 Å². The first kappa shape index (κ1) is 11.5. The number of carbonyl (C=O) groups is 1. The van der Waals surface area contributed by atoms with Crippen LogP contribution in [0, 0.1) is 6.92 Å². The molecule has 2 atom stereocenters. The number of nitrogens with one attached hydrogen (secondary N) is 1. The lowest BCUT2D eigenvalue weighted by Crippen LogP contribution is -2.21. The summed E-state index contributed by atoms with van der Waals surface area (Å²) in [4.78, 5) is 15.8. The zero-order chi connectivity index (χ0) is 12.7. The monoisotopic (exact) mass is 243 g/mol. The van der Waals surface area contributed by atoms with Gasteiger partial charge in [-0.3, -0.25) is 4.79 Å². The van der Waals surface area contributed by atoms with Crippen molar-refractivity contribution in [2.45, 2.75) is 38.9 Å². The molecule has 1 aromatic carbocycles. The summed E-state index contributed by atoms with van der Waals surface area (Å²) in [6.07, 6.45) is 1.74. The molecule has 1 aromatic heterocycles. The van der Waals surface area contributed by atoms with Gasteiger partial charge in [-0.2, -0.15) is 0 Å².